The second kappa shape index (κ2) is 16.4. The van der Waals surface area contributed by atoms with Crippen molar-refractivity contribution in [1.29, 1.82) is 0 Å². The Hall–Kier alpha value is -7.70. The van der Waals surface area contributed by atoms with E-state index in [2.05, 4.69) is 78.0 Å². The summed E-state index contributed by atoms with van der Waals surface area (Å²) in [4.78, 5) is 32.8. The molecule has 0 spiro atoms. The predicted octanol–water partition coefficient (Wildman–Crippen LogP) is 12.4. The minimum Gasteiger partial charge on any atom is -0.354 e. The van der Waals surface area contributed by atoms with Gasteiger partial charge in [-0.1, -0.05) is 140 Å². The van der Waals surface area contributed by atoms with Gasteiger partial charge >= 0.3 is 0 Å². The molecule has 1 N–H and O–H groups in total. The van der Waals surface area contributed by atoms with Crippen LogP contribution in [-0.2, 0) is 6.54 Å². The van der Waals surface area contributed by atoms with Crippen molar-refractivity contribution in [2.24, 2.45) is 0 Å². The maximum atomic E-state index is 13.6. The van der Waals surface area contributed by atoms with Crippen LogP contribution in [0.25, 0.3) is 22.3 Å². The fourth-order valence-corrected chi connectivity index (χ4v) is 7.83. The summed E-state index contributed by atoms with van der Waals surface area (Å²) in [5.41, 5.74) is 14.0. The number of hydrogen-bond donors (Lipinski definition) is 1. The lowest BCUT2D eigenvalue weighted by Gasteiger charge is -2.25. The number of amides is 2. The molecule has 2 aliphatic heterocycles. The number of carbonyl (C=O) groups is 2. The van der Waals surface area contributed by atoms with Gasteiger partial charge in [0.05, 0.1) is 29.3 Å². The lowest BCUT2D eigenvalue weighted by atomic mass is 10.0. The Bertz CT molecular complexity index is 2740. The number of fused-ring (bicyclic) bond motifs is 4. The van der Waals surface area contributed by atoms with Crippen molar-refractivity contribution in [1.82, 2.24) is 0 Å². The molecule has 10 rings (SSSR count). The van der Waals surface area contributed by atoms with Crippen molar-refractivity contribution < 1.29 is 9.59 Å². The van der Waals surface area contributed by atoms with Gasteiger partial charge in [0.25, 0.3) is 11.8 Å². The zero-order valence-electron chi connectivity index (χ0n) is 32.7. The van der Waals surface area contributed by atoms with Crippen molar-refractivity contribution in [2.75, 3.05) is 27.1 Å². The minimum absolute atomic E-state index is 0.00411. The largest absolute Gasteiger partial charge is 0.354 e. The van der Waals surface area contributed by atoms with Gasteiger partial charge in [-0.3, -0.25) is 14.5 Å². The number of hydrogen-bond acceptors (Lipinski definition) is 4. The Morgan fingerprint density at radius 1 is 0.508 bits per heavy atom. The molecule has 7 aromatic carbocycles. The minimum atomic E-state index is -0.0289. The molecule has 2 heterocycles. The van der Waals surface area contributed by atoms with Crippen molar-refractivity contribution in [3.05, 3.63) is 234 Å². The molecule has 7 aromatic rings. The molecule has 0 bridgehead atoms. The molecule has 0 aromatic heterocycles. The molecule has 59 heavy (non-hydrogen) atoms. The normalized spacial score (nSPS) is 13.7. The predicted molar refractivity (Wildman–Crippen MR) is 242 cm³/mol. The summed E-state index contributed by atoms with van der Waals surface area (Å²) in [7, 11) is 2.06. The first kappa shape index (κ1) is 36.9. The molecule has 6 heteroatoms. The highest BCUT2D eigenvalue weighted by Crippen LogP contribution is 2.40. The topological polar surface area (TPSA) is 55.9 Å². The van der Waals surface area contributed by atoms with Crippen LogP contribution in [0.2, 0.25) is 0 Å². The van der Waals surface area contributed by atoms with E-state index < -0.39 is 0 Å². The first-order valence-electron chi connectivity index (χ1n) is 19.8. The summed E-state index contributed by atoms with van der Waals surface area (Å²) >= 11 is 0. The summed E-state index contributed by atoms with van der Waals surface area (Å²) in [5, 5.41) is 3.48. The van der Waals surface area contributed by atoms with Gasteiger partial charge in [-0.15, -0.1) is 0 Å². The molecule has 0 radical (unpaired) electrons. The smallest absolute Gasteiger partial charge is 0.262 e. The van der Waals surface area contributed by atoms with Crippen LogP contribution in [-0.4, -0.2) is 18.9 Å². The van der Waals surface area contributed by atoms with E-state index in [9.17, 15) is 9.59 Å². The Labute approximate surface area is 345 Å². The van der Waals surface area contributed by atoms with Crippen LogP contribution in [0.5, 0.6) is 0 Å². The van der Waals surface area contributed by atoms with Gasteiger partial charge in [0.15, 0.2) is 0 Å². The average molecular weight is 767 g/mol. The molecule has 2 amide bonds. The fraction of sp³-hybridized carbons (Fsp3) is 0.0566. The van der Waals surface area contributed by atoms with Gasteiger partial charge in [-0.25, -0.2) is 0 Å². The van der Waals surface area contributed by atoms with E-state index >= 15 is 0 Å². The van der Waals surface area contributed by atoms with Gasteiger partial charge in [0, 0.05) is 35.8 Å². The molecule has 3 aliphatic rings. The Morgan fingerprint density at radius 3 is 1.66 bits per heavy atom. The van der Waals surface area contributed by atoms with E-state index in [0.717, 1.165) is 73.9 Å². The number of para-hydroxylation sites is 5. The van der Waals surface area contributed by atoms with E-state index in [1.807, 2.05) is 151 Å². The van der Waals surface area contributed by atoms with Crippen LogP contribution in [0, 0.1) is 0 Å². The Kier molecular flexibility index (Phi) is 10.3. The fourth-order valence-electron chi connectivity index (χ4n) is 7.83. The van der Waals surface area contributed by atoms with Gasteiger partial charge in [-0.05, 0) is 100 Å². The van der Waals surface area contributed by atoms with E-state index in [1.165, 1.54) is 0 Å². The van der Waals surface area contributed by atoms with Crippen molar-refractivity contribution >= 4 is 40.3 Å². The molecule has 0 fully saturated rings. The number of nitrogens with zero attached hydrogens (tertiary/aromatic N) is 3. The lowest BCUT2D eigenvalue weighted by molar-refractivity contribution is 0.0981. The zero-order chi connectivity index (χ0) is 40.1. The molecule has 0 saturated carbocycles. The first-order valence-corrected chi connectivity index (χ1v) is 19.8. The third kappa shape index (κ3) is 7.59. The standard InChI is InChI=1S/C27H22N2O.C26H20N2O/c1-28-24-12-6-5-11-23(24)19-29(26-14-8-7-13-25(26)28)27(30)22-17-15-21(16-18-22)20-9-3-2-4-10-20;29-26(21-16-14-20(15-17-21)19-8-2-1-3-9-19)28-18-22-10-4-5-11-23(22)27-24-12-6-7-13-25(24)28/h2-10,12-19H,11H2,1H3;1-17,27H,18H2. The van der Waals surface area contributed by atoms with Crippen LogP contribution in [0.15, 0.2) is 218 Å². The molecule has 0 unspecified atom stereocenters. The summed E-state index contributed by atoms with van der Waals surface area (Å²) in [6.45, 7) is 0.527. The molecular formula is C53H42N4O2. The number of nitrogens with one attached hydrogen (secondary N) is 1. The highest BCUT2D eigenvalue weighted by molar-refractivity contribution is 6.10. The monoisotopic (exact) mass is 766 g/mol. The maximum absolute atomic E-state index is 13.6. The second-order valence-corrected chi connectivity index (χ2v) is 14.6. The number of likely N-dealkylation sites (N-methyl/N-ethyl adjacent to an activating group) is 1. The van der Waals surface area contributed by atoms with Crippen LogP contribution in [0.4, 0.5) is 28.4 Å². The van der Waals surface area contributed by atoms with Gasteiger partial charge in [0.2, 0.25) is 0 Å². The number of benzene rings is 7. The third-order valence-corrected chi connectivity index (χ3v) is 11.0. The zero-order valence-corrected chi connectivity index (χ0v) is 32.7. The van der Waals surface area contributed by atoms with Crippen LogP contribution < -0.4 is 20.0 Å². The van der Waals surface area contributed by atoms with Crippen LogP contribution in [0.3, 0.4) is 0 Å². The number of rotatable bonds is 4. The van der Waals surface area contributed by atoms with Crippen molar-refractivity contribution in [3.8, 4) is 22.3 Å². The van der Waals surface area contributed by atoms with Gasteiger partial charge in [0.1, 0.15) is 0 Å². The Balaban J connectivity index is 0.000000152. The Morgan fingerprint density at radius 2 is 1.02 bits per heavy atom. The highest BCUT2D eigenvalue weighted by Gasteiger charge is 2.28. The summed E-state index contributed by atoms with van der Waals surface area (Å²) in [6.07, 6.45) is 9.10. The molecule has 6 nitrogen and oxygen atoms in total. The summed E-state index contributed by atoms with van der Waals surface area (Å²) in [5.74, 6) is -0.0330. The maximum Gasteiger partial charge on any atom is 0.262 e. The van der Waals surface area contributed by atoms with Crippen molar-refractivity contribution in [3.63, 3.8) is 0 Å². The average Bonchev–Trinajstić information content (AvgIpc) is 3.56. The van der Waals surface area contributed by atoms with Crippen molar-refractivity contribution in [2.45, 2.75) is 13.0 Å². The number of carbonyl (C=O) groups excluding carboxylic acids is 2. The SMILES string of the molecule is CN1C2=CC=CCC2=CN(C(=O)c2ccc(-c3ccccc3)cc2)c2ccccc21.O=C(c1ccc(-c2ccccc2)cc1)N1Cc2ccccc2Nc2ccccc21. The number of anilines is 5. The molecular weight excluding hydrogens is 725 g/mol. The lowest BCUT2D eigenvalue weighted by Crippen LogP contribution is -2.30. The number of allylic oxidation sites excluding steroid dienone is 4. The molecule has 1 aliphatic carbocycles. The first-order chi connectivity index (χ1) is 29.0. The van der Waals surface area contributed by atoms with Gasteiger partial charge < -0.3 is 15.1 Å². The van der Waals surface area contributed by atoms with E-state index in [4.69, 9.17) is 0 Å². The summed E-state index contributed by atoms with van der Waals surface area (Å²) in [6, 6.07) is 60.2. The van der Waals surface area contributed by atoms with E-state index in [-0.39, 0.29) is 11.8 Å². The van der Waals surface area contributed by atoms with Crippen LogP contribution in [0.1, 0.15) is 32.7 Å². The molecule has 286 valence electrons. The molecule has 0 saturated heterocycles. The highest BCUT2D eigenvalue weighted by atomic mass is 16.2. The quantitative estimate of drug-likeness (QED) is 0.194. The van der Waals surface area contributed by atoms with Crippen LogP contribution >= 0.6 is 0 Å². The summed E-state index contributed by atoms with van der Waals surface area (Å²) < 4.78 is 0. The van der Waals surface area contributed by atoms with E-state index in [1.54, 1.807) is 4.90 Å². The van der Waals surface area contributed by atoms with E-state index in [0.29, 0.717) is 17.7 Å². The van der Waals surface area contributed by atoms with Gasteiger partial charge in [-0.2, -0.15) is 0 Å². The third-order valence-electron chi connectivity index (χ3n) is 11.0. The molecule has 0 atom stereocenters. The second-order valence-electron chi connectivity index (χ2n) is 14.6.